The second kappa shape index (κ2) is 13.6. The first-order valence-electron chi connectivity index (χ1n) is 11.9. The largest absolute Gasteiger partial charge is 0.472 e. The third-order valence-electron chi connectivity index (χ3n) is 5.56. The van der Waals surface area contributed by atoms with Crippen molar-refractivity contribution in [1.82, 2.24) is 19.9 Å². The van der Waals surface area contributed by atoms with Crippen molar-refractivity contribution in [2.45, 2.75) is 39.2 Å². The second-order valence-electron chi connectivity index (χ2n) is 8.17. The molecule has 3 rings (SSSR count). The van der Waals surface area contributed by atoms with E-state index < -0.39 is 12.0 Å². The average Bonchev–Trinajstić information content (AvgIpc) is 3.52. The highest BCUT2D eigenvalue weighted by molar-refractivity contribution is 7.11. The van der Waals surface area contributed by atoms with Gasteiger partial charge in [-0.1, -0.05) is 12.1 Å². The molecule has 0 unspecified atom stereocenters. The molecule has 2 aromatic rings. The van der Waals surface area contributed by atoms with E-state index in [1.54, 1.807) is 18.2 Å². The molecule has 11 heteroatoms. The van der Waals surface area contributed by atoms with Gasteiger partial charge in [0, 0.05) is 18.7 Å². The minimum absolute atomic E-state index is 0.0570. The summed E-state index contributed by atoms with van der Waals surface area (Å²) in [6.45, 7) is 6.39. The smallest absolute Gasteiger partial charge is 0.346 e. The van der Waals surface area contributed by atoms with E-state index in [0.717, 1.165) is 36.5 Å². The summed E-state index contributed by atoms with van der Waals surface area (Å²) in [5.41, 5.74) is 1.30. The van der Waals surface area contributed by atoms with E-state index in [-0.39, 0.29) is 29.0 Å². The number of carbonyl (C=O) groups excluding carboxylic acids is 3. The third kappa shape index (κ3) is 7.93. The number of hydrogen-bond donors (Lipinski definition) is 3. The molecule has 0 bridgehead atoms. The maximum Gasteiger partial charge on any atom is 0.346 e. The number of nitrogens with one attached hydrogen (secondary N) is 3. The molecule has 1 saturated heterocycles. The molecule has 3 N–H and O–H groups in total. The van der Waals surface area contributed by atoms with Crippen LogP contribution in [0.15, 0.2) is 24.3 Å². The van der Waals surface area contributed by atoms with Crippen LogP contribution in [0.5, 0.6) is 5.88 Å². The molecule has 1 aromatic heterocycles. The number of aromatic nitrogens is 1. The van der Waals surface area contributed by atoms with Crippen LogP contribution in [0.1, 0.15) is 58.9 Å². The standard InChI is InChI=1S/C24H33N5O5S/c1-3-25-20(30)18-10-8-9-17(15-18)16-34-21-19(23(31)33-2)22(35-28-21)27-24(32)26-11-4-5-12-29-13-6-7-14-29/h8-10,15H,3-7,11-14,16H2,1-2H3,(H,25,30)(H2,26,27,32). The predicted molar refractivity (Wildman–Crippen MR) is 134 cm³/mol. The normalized spacial score (nSPS) is 13.3. The van der Waals surface area contributed by atoms with Crippen molar-refractivity contribution < 1.29 is 23.9 Å². The van der Waals surface area contributed by atoms with Crippen LogP contribution in [-0.4, -0.2) is 67.0 Å². The summed E-state index contributed by atoms with van der Waals surface area (Å²) in [4.78, 5) is 39.2. The van der Waals surface area contributed by atoms with Gasteiger partial charge in [0.15, 0.2) is 5.56 Å². The number of urea groups is 1. The van der Waals surface area contributed by atoms with E-state index in [1.165, 1.54) is 33.0 Å². The molecule has 190 valence electrons. The number of nitrogens with zero attached hydrogens (tertiary/aromatic N) is 2. The van der Waals surface area contributed by atoms with Crippen molar-refractivity contribution in [2.24, 2.45) is 0 Å². The SMILES string of the molecule is CCNC(=O)c1cccc(COc2nsc(NC(=O)NCCCCN3CCCC3)c2C(=O)OC)c1. The monoisotopic (exact) mass is 503 g/mol. The van der Waals surface area contributed by atoms with E-state index in [0.29, 0.717) is 18.7 Å². The molecule has 1 aromatic carbocycles. The summed E-state index contributed by atoms with van der Waals surface area (Å²) in [6.07, 6.45) is 4.44. The molecule has 0 atom stereocenters. The van der Waals surface area contributed by atoms with Gasteiger partial charge in [-0.2, -0.15) is 4.37 Å². The minimum atomic E-state index is -0.661. The highest BCUT2D eigenvalue weighted by atomic mass is 32.1. The summed E-state index contributed by atoms with van der Waals surface area (Å²) in [5.74, 6) is -0.774. The molecule has 1 aliphatic rings. The fraction of sp³-hybridized carbons (Fsp3) is 0.500. The number of anilines is 1. The summed E-state index contributed by atoms with van der Waals surface area (Å²) in [5, 5.41) is 8.49. The van der Waals surface area contributed by atoms with Gasteiger partial charge in [0.25, 0.3) is 5.91 Å². The molecule has 10 nitrogen and oxygen atoms in total. The lowest BCUT2D eigenvalue weighted by atomic mass is 10.1. The lowest BCUT2D eigenvalue weighted by molar-refractivity contribution is 0.0596. The third-order valence-corrected chi connectivity index (χ3v) is 6.31. The first kappa shape index (κ1) is 26.4. The number of amides is 3. The van der Waals surface area contributed by atoms with E-state index in [4.69, 9.17) is 9.47 Å². The van der Waals surface area contributed by atoms with Crippen molar-refractivity contribution >= 4 is 34.4 Å². The molecule has 1 aliphatic heterocycles. The molecular formula is C24H33N5O5S. The van der Waals surface area contributed by atoms with Gasteiger partial charge in [0.1, 0.15) is 11.6 Å². The van der Waals surface area contributed by atoms with Gasteiger partial charge in [0.2, 0.25) is 5.88 Å². The maximum atomic E-state index is 12.4. The molecular weight excluding hydrogens is 470 g/mol. The maximum absolute atomic E-state index is 12.4. The molecule has 0 aliphatic carbocycles. The van der Waals surface area contributed by atoms with Crippen molar-refractivity contribution in [1.29, 1.82) is 0 Å². The molecule has 1 fully saturated rings. The summed E-state index contributed by atoms with van der Waals surface area (Å²) in [7, 11) is 1.25. The Kier molecular flexibility index (Phi) is 10.3. The zero-order valence-electron chi connectivity index (χ0n) is 20.2. The molecule has 2 heterocycles. The second-order valence-corrected chi connectivity index (χ2v) is 8.94. The number of esters is 1. The van der Waals surface area contributed by atoms with Crippen molar-refractivity contribution in [3.05, 3.63) is 41.0 Å². The van der Waals surface area contributed by atoms with Crippen molar-refractivity contribution in [2.75, 3.05) is 45.2 Å². The summed E-state index contributed by atoms with van der Waals surface area (Å²) < 4.78 is 14.8. The van der Waals surface area contributed by atoms with Crippen molar-refractivity contribution in [3.63, 3.8) is 0 Å². The van der Waals surface area contributed by atoms with Gasteiger partial charge >= 0.3 is 12.0 Å². The molecule has 0 radical (unpaired) electrons. The summed E-state index contributed by atoms with van der Waals surface area (Å²) >= 11 is 0.940. The quantitative estimate of drug-likeness (QED) is 0.300. The Balaban J connectivity index is 1.54. The Hall–Kier alpha value is -3.18. The van der Waals surface area contributed by atoms with Crippen LogP contribution < -0.4 is 20.7 Å². The molecule has 0 spiro atoms. The Morgan fingerprint density at radius 1 is 1.14 bits per heavy atom. The number of rotatable bonds is 12. The van der Waals surface area contributed by atoms with E-state index in [1.807, 2.05) is 13.0 Å². The van der Waals surface area contributed by atoms with Gasteiger partial charge in [-0.25, -0.2) is 9.59 Å². The Morgan fingerprint density at radius 2 is 1.94 bits per heavy atom. The van der Waals surface area contributed by atoms with Crippen LogP contribution in [0.4, 0.5) is 9.80 Å². The number of carbonyl (C=O) groups is 3. The van der Waals surface area contributed by atoms with Gasteiger partial charge in [-0.05, 0) is 81.5 Å². The lowest BCUT2D eigenvalue weighted by Crippen LogP contribution is -2.30. The highest BCUT2D eigenvalue weighted by Gasteiger charge is 2.25. The van der Waals surface area contributed by atoms with Gasteiger partial charge in [0.05, 0.1) is 7.11 Å². The fourth-order valence-electron chi connectivity index (χ4n) is 3.77. The number of benzene rings is 1. The van der Waals surface area contributed by atoms with Crippen LogP contribution in [-0.2, 0) is 11.3 Å². The van der Waals surface area contributed by atoms with Crippen LogP contribution in [0, 0.1) is 0 Å². The lowest BCUT2D eigenvalue weighted by Gasteiger charge is -2.14. The van der Waals surface area contributed by atoms with Crippen LogP contribution in [0.3, 0.4) is 0 Å². The van der Waals surface area contributed by atoms with Crippen LogP contribution in [0.2, 0.25) is 0 Å². The topological polar surface area (TPSA) is 122 Å². The summed E-state index contributed by atoms with van der Waals surface area (Å²) in [6, 6.07) is 6.58. The van der Waals surface area contributed by atoms with E-state index in [2.05, 4.69) is 25.2 Å². The van der Waals surface area contributed by atoms with Crippen molar-refractivity contribution in [3.8, 4) is 5.88 Å². The Bertz CT molecular complexity index is 1010. The first-order valence-corrected chi connectivity index (χ1v) is 12.6. The number of likely N-dealkylation sites (tertiary alicyclic amines) is 1. The Morgan fingerprint density at radius 3 is 2.69 bits per heavy atom. The van der Waals surface area contributed by atoms with Gasteiger partial charge in [-0.3, -0.25) is 10.1 Å². The number of hydrogen-bond acceptors (Lipinski definition) is 8. The van der Waals surface area contributed by atoms with E-state index >= 15 is 0 Å². The number of ether oxygens (including phenoxy) is 2. The molecule has 35 heavy (non-hydrogen) atoms. The highest BCUT2D eigenvalue weighted by Crippen LogP contribution is 2.32. The first-order chi connectivity index (χ1) is 17.0. The van der Waals surface area contributed by atoms with E-state index in [9.17, 15) is 14.4 Å². The minimum Gasteiger partial charge on any atom is -0.472 e. The molecule has 0 saturated carbocycles. The van der Waals surface area contributed by atoms with Gasteiger partial charge in [-0.15, -0.1) is 0 Å². The Labute approximate surface area is 209 Å². The predicted octanol–water partition coefficient (Wildman–Crippen LogP) is 3.26. The molecule has 3 amide bonds. The zero-order chi connectivity index (χ0) is 25.0. The fourth-order valence-corrected chi connectivity index (χ4v) is 4.49. The van der Waals surface area contributed by atoms with Crippen LogP contribution in [0.25, 0.3) is 0 Å². The van der Waals surface area contributed by atoms with Crippen LogP contribution >= 0.6 is 11.5 Å². The zero-order valence-corrected chi connectivity index (χ0v) is 21.0. The van der Waals surface area contributed by atoms with Gasteiger partial charge < -0.3 is 25.0 Å². The number of unbranched alkanes of at least 4 members (excludes halogenated alkanes) is 1. The number of methoxy groups -OCH3 is 1. The average molecular weight is 504 g/mol.